The van der Waals surface area contributed by atoms with Crippen LogP contribution in [0.1, 0.15) is 56.5 Å². The van der Waals surface area contributed by atoms with Crippen LogP contribution in [0.5, 0.6) is 0 Å². The molecule has 1 amide bonds. The van der Waals surface area contributed by atoms with E-state index in [0.717, 1.165) is 37.1 Å². The van der Waals surface area contributed by atoms with E-state index in [1.54, 1.807) is 17.5 Å². The largest absolute Gasteiger partial charge is 0.347 e. The number of thiazole rings is 1. The SMILES string of the molecule is CCC(NC(=O)CC1(N)CCCC1)c1nccs1. The lowest BCUT2D eigenvalue weighted by molar-refractivity contribution is -0.123. The topological polar surface area (TPSA) is 68.0 Å². The number of aromatic nitrogens is 1. The van der Waals surface area contributed by atoms with Gasteiger partial charge in [-0.15, -0.1) is 11.3 Å². The fourth-order valence-electron chi connectivity index (χ4n) is 2.57. The van der Waals surface area contributed by atoms with Crippen molar-refractivity contribution in [2.75, 3.05) is 0 Å². The third-order valence-corrected chi connectivity index (χ3v) is 4.49. The Morgan fingerprint density at radius 2 is 2.33 bits per heavy atom. The van der Waals surface area contributed by atoms with Crippen molar-refractivity contribution in [1.82, 2.24) is 10.3 Å². The molecule has 1 atom stereocenters. The molecule has 0 bridgehead atoms. The molecule has 0 aromatic carbocycles. The fraction of sp³-hybridized carbons (Fsp3) is 0.692. The summed E-state index contributed by atoms with van der Waals surface area (Å²) in [5.41, 5.74) is 5.95. The molecule has 1 unspecified atom stereocenters. The minimum Gasteiger partial charge on any atom is -0.347 e. The molecule has 1 aromatic heterocycles. The van der Waals surface area contributed by atoms with Crippen molar-refractivity contribution >= 4 is 17.2 Å². The van der Waals surface area contributed by atoms with Crippen molar-refractivity contribution in [2.45, 2.75) is 57.0 Å². The van der Waals surface area contributed by atoms with Crippen LogP contribution in [0.4, 0.5) is 0 Å². The summed E-state index contributed by atoms with van der Waals surface area (Å²) in [5.74, 6) is 0.0569. The number of carbonyl (C=O) groups is 1. The third-order valence-electron chi connectivity index (χ3n) is 3.60. The van der Waals surface area contributed by atoms with Crippen LogP contribution in [-0.2, 0) is 4.79 Å². The molecule has 1 heterocycles. The number of carbonyl (C=O) groups excluding carboxylic acids is 1. The van der Waals surface area contributed by atoms with Crippen LogP contribution in [0.2, 0.25) is 0 Å². The van der Waals surface area contributed by atoms with E-state index in [1.165, 1.54) is 0 Å². The minimum atomic E-state index is -0.273. The molecule has 1 aliphatic rings. The zero-order valence-corrected chi connectivity index (χ0v) is 11.6. The van der Waals surface area contributed by atoms with E-state index >= 15 is 0 Å². The van der Waals surface area contributed by atoms with Crippen molar-refractivity contribution in [2.24, 2.45) is 5.73 Å². The Balaban J connectivity index is 1.90. The number of amides is 1. The van der Waals surface area contributed by atoms with E-state index in [-0.39, 0.29) is 17.5 Å². The summed E-state index contributed by atoms with van der Waals surface area (Å²) in [6.07, 6.45) is 7.30. The molecule has 4 nitrogen and oxygen atoms in total. The van der Waals surface area contributed by atoms with Gasteiger partial charge in [-0.3, -0.25) is 4.79 Å². The highest BCUT2D eigenvalue weighted by Crippen LogP contribution is 2.30. The highest BCUT2D eigenvalue weighted by atomic mass is 32.1. The molecule has 0 aliphatic heterocycles. The Kier molecular flexibility index (Phi) is 4.35. The van der Waals surface area contributed by atoms with Crippen LogP contribution in [-0.4, -0.2) is 16.4 Å². The first-order chi connectivity index (χ1) is 8.63. The van der Waals surface area contributed by atoms with E-state index in [2.05, 4.69) is 17.2 Å². The second-order valence-electron chi connectivity index (χ2n) is 5.14. The lowest BCUT2D eigenvalue weighted by Crippen LogP contribution is -2.42. The molecule has 1 aromatic rings. The lowest BCUT2D eigenvalue weighted by Gasteiger charge is -2.24. The van der Waals surface area contributed by atoms with Crippen LogP contribution in [0.15, 0.2) is 11.6 Å². The predicted molar refractivity (Wildman–Crippen MR) is 73.3 cm³/mol. The van der Waals surface area contributed by atoms with Gasteiger partial charge in [0.2, 0.25) is 5.91 Å². The van der Waals surface area contributed by atoms with E-state index in [4.69, 9.17) is 5.73 Å². The normalized spacial score (nSPS) is 19.7. The van der Waals surface area contributed by atoms with Crippen LogP contribution < -0.4 is 11.1 Å². The fourth-order valence-corrected chi connectivity index (χ4v) is 3.34. The summed E-state index contributed by atoms with van der Waals surface area (Å²) in [6.45, 7) is 2.06. The molecule has 3 N–H and O–H groups in total. The standard InChI is InChI=1S/C13H21N3OS/c1-2-10(12-15-7-8-18-12)16-11(17)9-13(14)5-3-4-6-13/h7-8,10H,2-6,9,14H2,1H3,(H,16,17). The molecule has 1 fully saturated rings. The number of hydrogen-bond donors (Lipinski definition) is 2. The maximum Gasteiger partial charge on any atom is 0.222 e. The van der Waals surface area contributed by atoms with Gasteiger partial charge in [0.25, 0.3) is 0 Å². The van der Waals surface area contributed by atoms with Gasteiger partial charge >= 0.3 is 0 Å². The maximum atomic E-state index is 12.1. The van der Waals surface area contributed by atoms with Crippen molar-refractivity contribution < 1.29 is 4.79 Å². The Morgan fingerprint density at radius 1 is 1.61 bits per heavy atom. The second kappa shape index (κ2) is 5.80. The van der Waals surface area contributed by atoms with Crippen LogP contribution in [0.3, 0.4) is 0 Å². The number of hydrogen-bond acceptors (Lipinski definition) is 4. The zero-order chi connectivity index (χ0) is 13.0. The molecule has 5 heteroatoms. The zero-order valence-electron chi connectivity index (χ0n) is 10.8. The van der Waals surface area contributed by atoms with Gasteiger partial charge in [-0.2, -0.15) is 0 Å². The summed E-state index contributed by atoms with van der Waals surface area (Å²) in [5, 5.41) is 5.96. The maximum absolute atomic E-state index is 12.1. The summed E-state index contributed by atoms with van der Waals surface area (Å²) >= 11 is 1.58. The number of nitrogens with two attached hydrogens (primary N) is 1. The quantitative estimate of drug-likeness (QED) is 0.860. The van der Waals surface area contributed by atoms with E-state index in [1.807, 2.05) is 5.38 Å². The Morgan fingerprint density at radius 3 is 2.89 bits per heavy atom. The van der Waals surface area contributed by atoms with Crippen molar-refractivity contribution in [3.63, 3.8) is 0 Å². The Bertz CT molecular complexity index is 385. The van der Waals surface area contributed by atoms with E-state index < -0.39 is 0 Å². The summed E-state index contributed by atoms with van der Waals surface area (Å²) < 4.78 is 0. The molecule has 0 radical (unpaired) electrons. The first-order valence-electron chi connectivity index (χ1n) is 6.60. The van der Waals surface area contributed by atoms with E-state index in [9.17, 15) is 4.79 Å². The molecule has 1 aliphatic carbocycles. The number of nitrogens with zero attached hydrogens (tertiary/aromatic N) is 1. The van der Waals surface area contributed by atoms with Crippen molar-refractivity contribution in [3.8, 4) is 0 Å². The van der Waals surface area contributed by atoms with Crippen molar-refractivity contribution in [3.05, 3.63) is 16.6 Å². The summed E-state index contributed by atoms with van der Waals surface area (Å²) in [7, 11) is 0. The molecule has 18 heavy (non-hydrogen) atoms. The molecular weight excluding hydrogens is 246 g/mol. The van der Waals surface area contributed by atoms with Gasteiger partial charge in [-0.25, -0.2) is 4.98 Å². The smallest absolute Gasteiger partial charge is 0.222 e. The average molecular weight is 267 g/mol. The van der Waals surface area contributed by atoms with Gasteiger partial charge < -0.3 is 11.1 Å². The first kappa shape index (κ1) is 13.5. The van der Waals surface area contributed by atoms with Gasteiger partial charge in [0.05, 0.1) is 6.04 Å². The second-order valence-corrected chi connectivity index (χ2v) is 6.07. The van der Waals surface area contributed by atoms with Crippen LogP contribution >= 0.6 is 11.3 Å². The molecule has 100 valence electrons. The highest BCUT2D eigenvalue weighted by Gasteiger charge is 2.32. The van der Waals surface area contributed by atoms with E-state index in [0.29, 0.717) is 6.42 Å². The van der Waals surface area contributed by atoms with Crippen LogP contribution in [0, 0.1) is 0 Å². The van der Waals surface area contributed by atoms with Crippen molar-refractivity contribution in [1.29, 1.82) is 0 Å². The molecule has 0 saturated heterocycles. The van der Waals surface area contributed by atoms with Gasteiger partial charge in [0.1, 0.15) is 5.01 Å². The Hall–Kier alpha value is -0.940. The third kappa shape index (κ3) is 3.29. The monoisotopic (exact) mass is 267 g/mol. The molecule has 0 spiro atoms. The molecular formula is C13H21N3OS. The first-order valence-corrected chi connectivity index (χ1v) is 7.48. The molecule has 1 saturated carbocycles. The molecule has 2 rings (SSSR count). The lowest BCUT2D eigenvalue weighted by atomic mass is 9.94. The average Bonchev–Trinajstić information content (AvgIpc) is 2.97. The number of nitrogens with one attached hydrogen (secondary N) is 1. The van der Waals surface area contributed by atoms with Crippen LogP contribution in [0.25, 0.3) is 0 Å². The Labute approximate surface area is 112 Å². The summed E-state index contributed by atoms with van der Waals surface area (Å²) in [6, 6.07) is 0.0301. The van der Waals surface area contributed by atoms with Gasteiger partial charge in [0.15, 0.2) is 0 Å². The predicted octanol–water partition coefficient (Wildman–Crippen LogP) is 2.37. The van der Waals surface area contributed by atoms with Gasteiger partial charge in [-0.05, 0) is 19.3 Å². The van der Waals surface area contributed by atoms with Gasteiger partial charge in [0, 0.05) is 23.5 Å². The summed E-state index contributed by atoms with van der Waals surface area (Å²) in [4.78, 5) is 16.3. The van der Waals surface area contributed by atoms with Gasteiger partial charge in [-0.1, -0.05) is 19.8 Å². The highest BCUT2D eigenvalue weighted by molar-refractivity contribution is 7.09. The minimum absolute atomic E-state index is 0.0301. The number of rotatable bonds is 5.